The van der Waals surface area contributed by atoms with Gasteiger partial charge in [0.1, 0.15) is 6.10 Å². The standard InChI is InChI=1S/C18H25N5O3S/c1-12(17-20-16(21-26-17)15-3-2-10-27-15)22-6-8-23(9-7-22)18(24)14-5-4-13(11-19)25-14/h2-3,10,12-14H,4-9,11,19H2,1H3/t12?,13-,14+/m1/s1. The van der Waals surface area contributed by atoms with Crippen molar-refractivity contribution < 1.29 is 14.1 Å². The fourth-order valence-corrected chi connectivity index (χ4v) is 4.31. The van der Waals surface area contributed by atoms with E-state index in [1.54, 1.807) is 11.3 Å². The summed E-state index contributed by atoms with van der Waals surface area (Å²) in [7, 11) is 0. The highest BCUT2D eigenvalue weighted by atomic mass is 32.1. The molecule has 8 nitrogen and oxygen atoms in total. The molecule has 3 atom stereocenters. The van der Waals surface area contributed by atoms with E-state index in [-0.39, 0.29) is 24.2 Å². The minimum Gasteiger partial charge on any atom is -0.364 e. The summed E-state index contributed by atoms with van der Waals surface area (Å²) >= 11 is 1.59. The molecule has 0 saturated carbocycles. The maximum absolute atomic E-state index is 12.6. The first-order valence-electron chi connectivity index (χ1n) is 9.41. The van der Waals surface area contributed by atoms with E-state index in [1.807, 2.05) is 22.4 Å². The molecule has 9 heteroatoms. The lowest BCUT2D eigenvalue weighted by Gasteiger charge is -2.37. The average Bonchev–Trinajstić information content (AvgIpc) is 3.47. The first kappa shape index (κ1) is 18.5. The van der Waals surface area contributed by atoms with Gasteiger partial charge in [-0.1, -0.05) is 11.2 Å². The third kappa shape index (κ3) is 3.91. The lowest BCUT2D eigenvalue weighted by atomic mass is 10.1. The number of piperazine rings is 1. The monoisotopic (exact) mass is 391 g/mol. The molecule has 0 aromatic carbocycles. The van der Waals surface area contributed by atoms with Crippen LogP contribution >= 0.6 is 11.3 Å². The second-order valence-corrected chi connectivity index (χ2v) is 7.98. The molecule has 2 aromatic rings. The molecule has 2 fully saturated rings. The molecule has 2 saturated heterocycles. The third-order valence-corrected chi connectivity index (χ3v) is 6.23. The van der Waals surface area contributed by atoms with Gasteiger partial charge in [0.15, 0.2) is 0 Å². The highest BCUT2D eigenvalue weighted by Gasteiger charge is 2.35. The Morgan fingerprint density at radius 3 is 2.85 bits per heavy atom. The van der Waals surface area contributed by atoms with Crippen molar-refractivity contribution in [2.24, 2.45) is 5.73 Å². The molecule has 2 aliphatic heterocycles. The lowest BCUT2D eigenvalue weighted by molar-refractivity contribution is -0.144. The zero-order chi connectivity index (χ0) is 18.8. The van der Waals surface area contributed by atoms with Gasteiger partial charge < -0.3 is 19.9 Å². The van der Waals surface area contributed by atoms with E-state index in [0.717, 1.165) is 30.8 Å². The van der Waals surface area contributed by atoms with Gasteiger partial charge in [0, 0.05) is 32.7 Å². The van der Waals surface area contributed by atoms with Gasteiger partial charge in [0.25, 0.3) is 5.91 Å². The highest BCUT2D eigenvalue weighted by molar-refractivity contribution is 7.13. The van der Waals surface area contributed by atoms with Crippen molar-refractivity contribution in [2.75, 3.05) is 32.7 Å². The Morgan fingerprint density at radius 1 is 1.37 bits per heavy atom. The van der Waals surface area contributed by atoms with E-state index in [2.05, 4.69) is 22.0 Å². The first-order chi connectivity index (χ1) is 13.2. The van der Waals surface area contributed by atoms with Crippen LogP contribution in [0.4, 0.5) is 0 Å². The molecule has 0 spiro atoms. The molecule has 2 aromatic heterocycles. The number of carbonyl (C=O) groups is 1. The summed E-state index contributed by atoms with van der Waals surface area (Å²) < 4.78 is 11.2. The van der Waals surface area contributed by atoms with Gasteiger partial charge in [-0.25, -0.2) is 0 Å². The molecule has 27 heavy (non-hydrogen) atoms. The Bertz CT molecular complexity index is 757. The van der Waals surface area contributed by atoms with Gasteiger partial charge in [0.05, 0.1) is 17.0 Å². The molecule has 146 valence electrons. The SMILES string of the molecule is CC(c1nc(-c2cccs2)no1)N1CCN(C(=O)[C@@H]2CC[C@H](CN)O2)CC1. The average molecular weight is 391 g/mol. The lowest BCUT2D eigenvalue weighted by Crippen LogP contribution is -2.52. The number of ether oxygens (including phenoxy) is 1. The molecule has 2 aliphatic rings. The molecular formula is C18H25N5O3S. The summed E-state index contributed by atoms with van der Waals surface area (Å²) in [4.78, 5) is 22.4. The van der Waals surface area contributed by atoms with Crippen LogP contribution in [0.2, 0.25) is 0 Å². The van der Waals surface area contributed by atoms with E-state index in [4.69, 9.17) is 15.0 Å². The predicted molar refractivity (Wildman–Crippen MR) is 101 cm³/mol. The third-order valence-electron chi connectivity index (χ3n) is 5.36. The number of hydrogen-bond donors (Lipinski definition) is 1. The van der Waals surface area contributed by atoms with Crippen LogP contribution in [0.5, 0.6) is 0 Å². The van der Waals surface area contributed by atoms with Crippen LogP contribution in [-0.2, 0) is 9.53 Å². The Labute approximate surface area is 162 Å². The molecule has 0 radical (unpaired) electrons. The Kier molecular flexibility index (Phi) is 5.53. The fraction of sp³-hybridized carbons (Fsp3) is 0.611. The normalized spacial score (nSPS) is 25.0. The second kappa shape index (κ2) is 8.05. The number of amides is 1. The largest absolute Gasteiger partial charge is 0.364 e. The maximum atomic E-state index is 12.6. The van der Waals surface area contributed by atoms with Gasteiger partial charge >= 0.3 is 0 Å². The number of nitrogens with zero attached hydrogens (tertiary/aromatic N) is 4. The van der Waals surface area contributed by atoms with Crippen LogP contribution in [0.15, 0.2) is 22.0 Å². The minimum atomic E-state index is -0.327. The van der Waals surface area contributed by atoms with Crippen LogP contribution in [-0.4, -0.2) is 70.8 Å². The summed E-state index contributed by atoms with van der Waals surface area (Å²) in [5, 5.41) is 6.09. The fourth-order valence-electron chi connectivity index (χ4n) is 3.66. The van der Waals surface area contributed by atoms with E-state index in [0.29, 0.717) is 31.3 Å². The molecule has 4 heterocycles. The van der Waals surface area contributed by atoms with Gasteiger partial charge in [0.2, 0.25) is 11.7 Å². The Hall–Kier alpha value is -1.81. The molecule has 1 amide bonds. The highest BCUT2D eigenvalue weighted by Crippen LogP contribution is 2.26. The van der Waals surface area contributed by atoms with Crippen LogP contribution in [0.25, 0.3) is 10.7 Å². The number of rotatable bonds is 5. The maximum Gasteiger partial charge on any atom is 0.251 e. The summed E-state index contributed by atoms with van der Waals surface area (Å²) in [5.41, 5.74) is 5.64. The number of thiophene rings is 1. The molecule has 0 bridgehead atoms. The van der Waals surface area contributed by atoms with Gasteiger partial charge in [-0.15, -0.1) is 11.3 Å². The smallest absolute Gasteiger partial charge is 0.251 e. The summed E-state index contributed by atoms with van der Waals surface area (Å²) in [6.45, 7) is 5.46. The summed E-state index contributed by atoms with van der Waals surface area (Å²) in [6, 6.07) is 3.97. The zero-order valence-corrected chi connectivity index (χ0v) is 16.2. The summed E-state index contributed by atoms with van der Waals surface area (Å²) in [5.74, 6) is 1.34. The number of nitrogens with two attached hydrogens (primary N) is 1. The second-order valence-electron chi connectivity index (χ2n) is 7.03. The molecule has 1 unspecified atom stereocenters. The number of carbonyl (C=O) groups excluding carboxylic acids is 1. The van der Waals surface area contributed by atoms with Gasteiger partial charge in [-0.2, -0.15) is 4.98 Å². The van der Waals surface area contributed by atoms with Crippen molar-refractivity contribution >= 4 is 17.2 Å². The Morgan fingerprint density at radius 2 is 2.19 bits per heavy atom. The van der Waals surface area contributed by atoms with Crippen molar-refractivity contribution in [3.05, 3.63) is 23.4 Å². The molecule has 4 rings (SSSR count). The number of aromatic nitrogens is 2. The Balaban J connectivity index is 1.32. The molecule has 2 N–H and O–H groups in total. The molecule has 0 aliphatic carbocycles. The van der Waals surface area contributed by atoms with E-state index in [1.165, 1.54) is 0 Å². The van der Waals surface area contributed by atoms with Crippen LogP contribution < -0.4 is 5.73 Å². The van der Waals surface area contributed by atoms with Crippen molar-refractivity contribution in [3.63, 3.8) is 0 Å². The number of hydrogen-bond acceptors (Lipinski definition) is 8. The first-order valence-corrected chi connectivity index (χ1v) is 10.3. The van der Waals surface area contributed by atoms with Crippen molar-refractivity contribution in [3.8, 4) is 10.7 Å². The minimum absolute atomic E-state index is 0.0211. The molecular weight excluding hydrogens is 366 g/mol. The van der Waals surface area contributed by atoms with E-state index < -0.39 is 0 Å². The van der Waals surface area contributed by atoms with E-state index >= 15 is 0 Å². The van der Waals surface area contributed by atoms with Crippen LogP contribution in [0, 0.1) is 0 Å². The van der Waals surface area contributed by atoms with Crippen LogP contribution in [0.1, 0.15) is 31.7 Å². The van der Waals surface area contributed by atoms with Crippen LogP contribution in [0.3, 0.4) is 0 Å². The van der Waals surface area contributed by atoms with Crippen molar-refractivity contribution in [1.29, 1.82) is 0 Å². The summed E-state index contributed by atoms with van der Waals surface area (Å²) in [6.07, 6.45) is 1.33. The van der Waals surface area contributed by atoms with Crippen molar-refractivity contribution in [1.82, 2.24) is 19.9 Å². The van der Waals surface area contributed by atoms with Gasteiger partial charge in [-0.05, 0) is 31.2 Å². The van der Waals surface area contributed by atoms with Crippen molar-refractivity contribution in [2.45, 2.75) is 38.0 Å². The zero-order valence-electron chi connectivity index (χ0n) is 15.4. The topological polar surface area (TPSA) is 97.7 Å². The van der Waals surface area contributed by atoms with Gasteiger partial charge in [-0.3, -0.25) is 9.69 Å². The predicted octanol–water partition coefficient (Wildman–Crippen LogP) is 1.51. The van der Waals surface area contributed by atoms with E-state index in [9.17, 15) is 4.79 Å². The quantitative estimate of drug-likeness (QED) is 0.825.